The monoisotopic (exact) mass is 295 g/mol. The first-order valence-corrected chi connectivity index (χ1v) is 6.36. The molecular weight excluding hydrogens is 282 g/mol. The quantitative estimate of drug-likeness (QED) is 0.796. The number of aromatic nitrogens is 4. The van der Waals surface area contributed by atoms with Gasteiger partial charge in [0, 0.05) is 24.2 Å². The Morgan fingerprint density at radius 1 is 1.50 bits per heavy atom. The van der Waals surface area contributed by atoms with Gasteiger partial charge in [0.1, 0.15) is 6.54 Å². The van der Waals surface area contributed by atoms with Crippen LogP contribution in [0.25, 0.3) is 11.4 Å². The molecule has 1 amide bonds. The molecular formula is C12H14ClN5O2. The number of carbonyl (C=O) groups excluding carboxylic acids is 1. The zero-order valence-corrected chi connectivity index (χ0v) is 11.7. The van der Waals surface area contributed by atoms with Crippen LogP contribution >= 0.6 is 11.6 Å². The second-order valence-electron chi connectivity index (χ2n) is 4.00. The van der Waals surface area contributed by atoms with Crippen LogP contribution in [-0.2, 0) is 16.1 Å². The number of ether oxygens (including phenoxy) is 1. The predicted molar refractivity (Wildman–Crippen MR) is 73.1 cm³/mol. The lowest BCUT2D eigenvalue weighted by Gasteiger charge is -2.02. The Hall–Kier alpha value is -1.99. The molecule has 2 rings (SSSR count). The lowest BCUT2D eigenvalue weighted by atomic mass is 10.2. The van der Waals surface area contributed by atoms with Crippen LogP contribution in [-0.4, -0.2) is 46.4 Å². The first-order chi connectivity index (χ1) is 9.69. The maximum Gasteiger partial charge on any atom is 0.243 e. The van der Waals surface area contributed by atoms with Crippen molar-refractivity contribution in [3.05, 3.63) is 29.3 Å². The summed E-state index contributed by atoms with van der Waals surface area (Å²) in [5.74, 6) is 0.231. The highest BCUT2D eigenvalue weighted by molar-refractivity contribution is 6.30. The maximum absolute atomic E-state index is 11.6. The van der Waals surface area contributed by atoms with E-state index >= 15 is 0 Å². The minimum atomic E-state index is -0.197. The van der Waals surface area contributed by atoms with Crippen molar-refractivity contribution in [2.24, 2.45) is 0 Å². The van der Waals surface area contributed by atoms with Gasteiger partial charge in [0.05, 0.1) is 6.61 Å². The number of tetrazole rings is 1. The van der Waals surface area contributed by atoms with Crippen molar-refractivity contribution >= 4 is 17.5 Å². The number of methoxy groups -OCH3 is 1. The van der Waals surface area contributed by atoms with Gasteiger partial charge >= 0.3 is 0 Å². The van der Waals surface area contributed by atoms with Crippen LogP contribution in [0.4, 0.5) is 0 Å². The second kappa shape index (κ2) is 6.97. The first-order valence-electron chi connectivity index (χ1n) is 5.98. The van der Waals surface area contributed by atoms with Crippen molar-refractivity contribution < 1.29 is 9.53 Å². The number of nitrogens with one attached hydrogen (secondary N) is 1. The average molecular weight is 296 g/mol. The van der Waals surface area contributed by atoms with E-state index in [0.717, 1.165) is 5.56 Å². The van der Waals surface area contributed by atoms with E-state index in [1.54, 1.807) is 25.3 Å². The third-order valence-corrected chi connectivity index (χ3v) is 2.68. The zero-order valence-electron chi connectivity index (χ0n) is 10.9. The van der Waals surface area contributed by atoms with Gasteiger partial charge in [0.25, 0.3) is 0 Å². The number of halogens is 1. The van der Waals surface area contributed by atoms with E-state index in [1.165, 1.54) is 4.80 Å². The Labute approximate surface area is 120 Å². The van der Waals surface area contributed by atoms with Crippen LogP contribution in [0.1, 0.15) is 0 Å². The lowest BCUT2D eigenvalue weighted by molar-refractivity contribution is -0.122. The van der Waals surface area contributed by atoms with Gasteiger partial charge in [0.15, 0.2) is 0 Å². The van der Waals surface area contributed by atoms with Gasteiger partial charge in [-0.25, -0.2) is 0 Å². The summed E-state index contributed by atoms with van der Waals surface area (Å²) in [6.45, 7) is 0.923. The molecule has 7 nitrogen and oxygen atoms in total. The summed E-state index contributed by atoms with van der Waals surface area (Å²) < 4.78 is 4.84. The molecule has 0 spiro atoms. The van der Waals surface area contributed by atoms with Crippen molar-refractivity contribution in [3.63, 3.8) is 0 Å². The van der Waals surface area contributed by atoms with Gasteiger partial charge in [-0.15, -0.1) is 10.2 Å². The number of hydrogen-bond acceptors (Lipinski definition) is 5. The molecule has 0 unspecified atom stereocenters. The third-order valence-electron chi connectivity index (χ3n) is 2.45. The highest BCUT2D eigenvalue weighted by Gasteiger charge is 2.09. The topological polar surface area (TPSA) is 81.9 Å². The summed E-state index contributed by atoms with van der Waals surface area (Å²) in [6.07, 6.45) is 0. The lowest BCUT2D eigenvalue weighted by Crippen LogP contribution is -2.31. The molecule has 1 aromatic heterocycles. The Kier molecular flexibility index (Phi) is 5.03. The van der Waals surface area contributed by atoms with E-state index in [4.69, 9.17) is 16.3 Å². The molecule has 0 atom stereocenters. The minimum Gasteiger partial charge on any atom is -0.383 e. The van der Waals surface area contributed by atoms with Crippen molar-refractivity contribution in [2.75, 3.05) is 20.3 Å². The molecule has 0 aliphatic heterocycles. The summed E-state index contributed by atoms with van der Waals surface area (Å²) in [5, 5.41) is 15.1. The highest BCUT2D eigenvalue weighted by Crippen LogP contribution is 2.18. The molecule has 0 aliphatic carbocycles. The van der Waals surface area contributed by atoms with Crippen LogP contribution in [0.3, 0.4) is 0 Å². The Morgan fingerprint density at radius 3 is 3.10 bits per heavy atom. The number of hydrogen-bond donors (Lipinski definition) is 1. The number of benzene rings is 1. The van der Waals surface area contributed by atoms with Gasteiger partial charge in [-0.1, -0.05) is 23.7 Å². The summed E-state index contributed by atoms with van der Waals surface area (Å²) >= 11 is 5.90. The molecule has 1 heterocycles. The van der Waals surface area contributed by atoms with Crippen LogP contribution in [0.2, 0.25) is 5.02 Å². The fourth-order valence-corrected chi connectivity index (χ4v) is 1.72. The summed E-state index contributed by atoms with van der Waals surface area (Å²) in [7, 11) is 1.57. The van der Waals surface area contributed by atoms with Crippen LogP contribution in [0.15, 0.2) is 24.3 Å². The summed E-state index contributed by atoms with van der Waals surface area (Å²) in [4.78, 5) is 12.8. The van der Waals surface area contributed by atoms with E-state index in [1.807, 2.05) is 6.07 Å². The standard InChI is InChI=1S/C12H14ClN5O2/c1-20-6-5-14-11(19)8-18-16-12(15-17-18)9-3-2-4-10(13)7-9/h2-4,7H,5-6,8H2,1H3,(H,14,19). The van der Waals surface area contributed by atoms with E-state index in [2.05, 4.69) is 20.7 Å². The molecule has 106 valence electrons. The molecule has 1 N–H and O–H groups in total. The number of carbonyl (C=O) groups is 1. The van der Waals surface area contributed by atoms with E-state index in [-0.39, 0.29) is 12.5 Å². The molecule has 2 aromatic rings. The number of rotatable bonds is 6. The largest absolute Gasteiger partial charge is 0.383 e. The molecule has 0 saturated heterocycles. The predicted octanol–water partition coefficient (Wildman–Crippen LogP) is 0.756. The number of nitrogens with zero attached hydrogens (tertiary/aromatic N) is 4. The van der Waals surface area contributed by atoms with Gasteiger partial charge in [-0.3, -0.25) is 4.79 Å². The molecule has 0 radical (unpaired) electrons. The van der Waals surface area contributed by atoms with Crippen molar-refractivity contribution in [1.82, 2.24) is 25.5 Å². The highest BCUT2D eigenvalue weighted by atomic mass is 35.5. The Balaban J connectivity index is 1.97. The molecule has 20 heavy (non-hydrogen) atoms. The van der Waals surface area contributed by atoms with Crippen LogP contribution in [0.5, 0.6) is 0 Å². The third kappa shape index (κ3) is 4.01. The number of amides is 1. The first kappa shape index (κ1) is 14.4. The van der Waals surface area contributed by atoms with E-state index in [9.17, 15) is 4.79 Å². The smallest absolute Gasteiger partial charge is 0.243 e. The fourth-order valence-electron chi connectivity index (χ4n) is 1.53. The molecule has 0 bridgehead atoms. The van der Waals surface area contributed by atoms with Gasteiger partial charge in [0.2, 0.25) is 11.7 Å². The van der Waals surface area contributed by atoms with Gasteiger partial charge in [-0.05, 0) is 17.3 Å². The zero-order chi connectivity index (χ0) is 14.4. The second-order valence-corrected chi connectivity index (χ2v) is 4.43. The van der Waals surface area contributed by atoms with Crippen LogP contribution < -0.4 is 5.32 Å². The normalized spacial score (nSPS) is 10.5. The minimum absolute atomic E-state index is 0.0112. The maximum atomic E-state index is 11.6. The molecule has 0 fully saturated rings. The summed E-state index contributed by atoms with van der Waals surface area (Å²) in [6, 6.07) is 7.13. The van der Waals surface area contributed by atoms with Crippen molar-refractivity contribution in [2.45, 2.75) is 6.54 Å². The van der Waals surface area contributed by atoms with Crippen LogP contribution in [0, 0.1) is 0 Å². The Bertz CT molecular complexity index is 587. The van der Waals surface area contributed by atoms with Gasteiger partial charge < -0.3 is 10.1 Å². The van der Waals surface area contributed by atoms with E-state index in [0.29, 0.717) is 24.0 Å². The average Bonchev–Trinajstić information content (AvgIpc) is 2.87. The molecule has 0 aliphatic rings. The van der Waals surface area contributed by atoms with Crippen molar-refractivity contribution in [1.29, 1.82) is 0 Å². The SMILES string of the molecule is COCCNC(=O)Cn1nnc(-c2cccc(Cl)c2)n1. The summed E-state index contributed by atoms with van der Waals surface area (Å²) in [5.41, 5.74) is 0.753. The fraction of sp³-hybridized carbons (Fsp3) is 0.333. The Morgan fingerprint density at radius 2 is 2.35 bits per heavy atom. The van der Waals surface area contributed by atoms with Crippen molar-refractivity contribution in [3.8, 4) is 11.4 Å². The molecule has 8 heteroatoms. The van der Waals surface area contributed by atoms with E-state index < -0.39 is 0 Å². The molecule has 1 aromatic carbocycles. The van der Waals surface area contributed by atoms with Gasteiger partial charge in [-0.2, -0.15) is 4.80 Å². The molecule has 0 saturated carbocycles.